The number of benzene rings is 8. The van der Waals surface area contributed by atoms with Crippen molar-refractivity contribution in [2.75, 3.05) is 4.90 Å². The molecular weight excluding hydrogens is 677 g/mol. The van der Waals surface area contributed by atoms with Gasteiger partial charge in [0.2, 0.25) is 0 Å². The Labute approximate surface area is 328 Å². The predicted molar refractivity (Wildman–Crippen MR) is 238 cm³/mol. The molecular formula is C54H40N2. The average molecular weight is 717 g/mol. The van der Waals surface area contributed by atoms with Crippen molar-refractivity contribution in [1.82, 2.24) is 4.57 Å². The van der Waals surface area contributed by atoms with Gasteiger partial charge in [-0.15, -0.1) is 0 Å². The molecule has 56 heavy (non-hydrogen) atoms. The summed E-state index contributed by atoms with van der Waals surface area (Å²) in [5.41, 5.74) is 15.7. The van der Waals surface area contributed by atoms with Crippen LogP contribution in [0.15, 0.2) is 224 Å². The highest BCUT2D eigenvalue weighted by Gasteiger charge is 2.22. The Hall–Kier alpha value is -7.16. The van der Waals surface area contributed by atoms with Gasteiger partial charge < -0.3 is 9.47 Å². The average Bonchev–Trinajstić information content (AvgIpc) is 3.62. The number of rotatable bonds is 8. The highest BCUT2D eigenvalue weighted by molar-refractivity contribution is 6.09. The Morgan fingerprint density at radius 1 is 0.393 bits per heavy atom. The van der Waals surface area contributed by atoms with Gasteiger partial charge in [-0.05, 0) is 87.8 Å². The van der Waals surface area contributed by atoms with Gasteiger partial charge in [-0.3, -0.25) is 0 Å². The number of hydrogen-bond acceptors (Lipinski definition) is 1. The van der Waals surface area contributed by atoms with E-state index in [1.165, 1.54) is 77.7 Å². The van der Waals surface area contributed by atoms with E-state index in [2.05, 4.69) is 234 Å². The van der Waals surface area contributed by atoms with Crippen molar-refractivity contribution in [1.29, 1.82) is 0 Å². The van der Waals surface area contributed by atoms with E-state index >= 15 is 0 Å². The third-order valence-corrected chi connectivity index (χ3v) is 11.2. The van der Waals surface area contributed by atoms with E-state index in [0.29, 0.717) is 0 Å². The van der Waals surface area contributed by atoms with Crippen LogP contribution in [-0.4, -0.2) is 10.6 Å². The first-order chi connectivity index (χ1) is 27.8. The second-order valence-electron chi connectivity index (χ2n) is 14.5. The molecule has 0 amide bonds. The molecule has 0 radical (unpaired) electrons. The van der Waals surface area contributed by atoms with E-state index in [9.17, 15) is 0 Å². The molecule has 0 saturated heterocycles. The van der Waals surface area contributed by atoms with Crippen LogP contribution in [0.1, 0.15) is 12.0 Å². The number of fused-ring (bicyclic) bond motifs is 3. The molecule has 1 aliphatic carbocycles. The van der Waals surface area contributed by atoms with Crippen LogP contribution in [-0.2, 0) is 0 Å². The largest absolute Gasteiger partial charge is 0.334 e. The van der Waals surface area contributed by atoms with Crippen LogP contribution in [0.25, 0.3) is 66.4 Å². The van der Waals surface area contributed by atoms with Crippen LogP contribution in [0.4, 0.5) is 11.4 Å². The van der Waals surface area contributed by atoms with Gasteiger partial charge in [0.25, 0.3) is 0 Å². The number of aromatic nitrogens is 1. The maximum absolute atomic E-state index is 2.49. The van der Waals surface area contributed by atoms with Gasteiger partial charge in [-0.1, -0.05) is 182 Å². The van der Waals surface area contributed by atoms with Crippen LogP contribution in [0.3, 0.4) is 0 Å². The molecule has 8 aromatic carbocycles. The van der Waals surface area contributed by atoms with Crippen LogP contribution in [0, 0.1) is 0 Å². The molecule has 0 aliphatic heterocycles. The van der Waals surface area contributed by atoms with Gasteiger partial charge in [-0.2, -0.15) is 0 Å². The van der Waals surface area contributed by atoms with Crippen molar-refractivity contribution >= 4 is 38.8 Å². The van der Waals surface area contributed by atoms with E-state index in [-0.39, 0.29) is 6.04 Å². The quantitative estimate of drug-likeness (QED) is 0.152. The second-order valence-corrected chi connectivity index (χ2v) is 14.5. The zero-order valence-electron chi connectivity index (χ0n) is 31.0. The lowest BCUT2D eigenvalue weighted by Crippen LogP contribution is -2.30. The lowest BCUT2D eigenvalue weighted by Gasteiger charge is -2.33. The molecule has 2 heteroatoms. The van der Waals surface area contributed by atoms with Crippen LogP contribution < -0.4 is 4.90 Å². The Bertz CT molecular complexity index is 2790. The second kappa shape index (κ2) is 14.6. The van der Waals surface area contributed by atoms with Crippen LogP contribution in [0.5, 0.6) is 0 Å². The summed E-state index contributed by atoms with van der Waals surface area (Å²) in [6.07, 6.45) is 7.96. The smallest absolute Gasteiger partial charge is 0.0560 e. The van der Waals surface area contributed by atoms with Crippen LogP contribution in [0.2, 0.25) is 0 Å². The molecule has 0 saturated carbocycles. The monoisotopic (exact) mass is 716 g/mol. The summed E-state index contributed by atoms with van der Waals surface area (Å²) in [5, 5.41) is 2.54. The topological polar surface area (TPSA) is 8.17 Å². The van der Waals surface area contributed by atoms with Gasteiger partial charge >= 0.3 is 0 Å². The Balaban J connectivity index is 0.995. The SMILES string of the molecule is C1=CC(N(c2ccc(-c3ccccc3)cc2)c2ccc(-c3ccccc3-n3c4ccccc4c4ccccc43)cc2)CC=C1c1ccc(-c2ccccc2)cc1. The van der Waals surface area contributed by atoms with Crippen molar-refractivity contribution in [3.05, 3.63) is 230 Å². The first-order valence-corrected chi connectivity index (χ1v) is 19.5. The zero-order valence-corrected chi connectivity index (χ0v) is 31.0. The van der Waals surface area contributed by atoms with Gasteiger partial charge in [0.05, 0.1) is 22.8 Å². The molecule has 1 atom stereocenters. The van der Waals surface area contributed by atoms with Crippen molar-refractivity contribution in [2.24, 2.45) is 0 Å². The number of nitrogens with zero attached hydrogens (tertiary/aromatic N) is 2. The van der Waals surface area contributed by atoms with Crippen molar-refractivity contribution in [3.8, 4) is 39.1 Å². The molecule has 9 aromatic rings. The van der Waals surface area contributed by atoms with Crippen LogP contribution >= 0.6 is 0 Å². The zero-order chi connectivity index (χ0) is 37.3. The molecule has 266 valence electrons. The van der Waals surface area contributed by atoms with Gasteiger partial charge in [0, 0.05) is 27.7 Å². The standard InChI is InChI=1S/C54H40N2/c1-3-13-39(14-4-1)41-23-25-42(26-24-41)44-29-35-47(36-30-44)55(46-33-27-43(28-34-46)40-15-5-2-6-16-40)48-37-31-45(32-38-48)49-17-7-10-20-52(49)56-53-21-11-8-18-50(53)51-19-9-12-22-54(51)56/h1-35,37-38,47H,36H2. The molecule has 0 spiro atoms. The predicted octanol–water partition coefficient (Wildman–Crippen LogP) is 14.3. The summed E-state index contributed by atoms with van der Waals surface area (Å²) in [5.74, 6) is 0. The third kappa shape index (κ3) is 6.22. The minimum atomic E-state index is 0.153. The van der Waals surface area contributed by atoms with Gasteiger partial charge in [0.15, 0.2) is 0 Å². The molecule has 1 aliphatic rings. The first kappa shape index (κ1) is 33.4. The molecule has 1 heterocycles. The summed E-state index contributed by atoms with van der Waals surface area (Å²) >= 11 is 0. The summed E-state index contributed by atoms with van der Waals surface area (Å²) < 4.78 is 2.42. The van der Waals surface area contributed by atoms with E-state index < -0.39 is 0 Å². The third-order valence-electron chi connectivity index (χ3n) is 11.2. The van der Waals surface area contributed by atoms with Gasteiger partial charge in [0.1, 0.15) is 0 Å². The molecule has 0 bridgehead atoms. The van der Waals surface area contributed by atoms with Crippen molar-refractivity contribution in [2.45, 2.75) is 12.5 Å². The van der Waals surface area contributed by atoms with Gasteiger partial charge in [-0.25, -0.2) is 0 Å². The number of anilines is 2. The fourth-order valence-electron chi connectivity index (χ4n) is 8.37. The highest BCUT2D eigenvalue weighted by atomic mass is 15.2. The molecule has 1 aromatic heterocycles. The summed E-state index contributed by atoms with van der Waals surface area (Å²) in [6, 6.07) is 74.7. The van der Waals surface area contributed by atoms with E-state index in [0.717, 1.165) is 12.1 Å². The van der Waals surface area contributed by atoms with Crippen molar-refractivity contribution < 1.29 is 0 Å². The highest BCUT2D eigenvalue weighted by Crippen LogP contribution is 2.39. The fraction of sp³-hybridized carbons (Fsp3) is 0.0370. The summed E-state index contributed by atoms with van der Waals surface area (Å²) in [7, 11) is 0. The fourth-order valence-corrected chi connectivity index (χ4v) is 8.37. The molecule has 0 N–H and O–H groups in total. The Morgan fingerprint density at radius 2 is 0.839 bits per heavy atom. The minimum Gasteiger partial charge on any atom is -0.334 e. The number of allylic oxidation sites excluding steroid dienone is 2. The molecule has 2 nitrogen and oxygen atoms in total. The molecule has 1 unspecified atom stereocenters. The normalized spacial score (nSPS) is 13.9. The van der Waals surface area contributed by atoms with E-state index in [1.54, 1.807) is 0 Å². The Morgan fingerprint density at radius 3 is 1.39 bits per heavy atom. The lowest BCUT2D eigenvalue weighted by atomic mass is 9.94. The minimum absolute atomic E-state index is 0.153. The first-order valence-electron chi connectivity index (χ1n) is 19.5. The van der Waals surface area contributed by atoms with Crippen molar-refractivity contribution in [3.63, 3.8) is 0 Å². The summed E-state index contributed by atoms with van der Waals surface area (Å²) in [4.78, 5) is 2.49. The lowest BCUT2D eigenvalue weighted by molar-refractivity contribution is 0.787. The number of hydrogen-bond donors (Lipinski definition) is 0. The maximum Gasteiger partial charge on any atom is 0.0560 e. The number of para-hydroxylation sites is 3. The molecule has 10 rings (SSSR count). The Kier molecular flexibility index (Phi) is 8.70. The maximum atomic E-state index is 2.49. The van der Waals surface area contributed by atoms with E-state index in [1.807, 2.05) is 0 Å². The van der Waals surface area contributed by atoms with E-state index in [4.69, 9.17) is 0 Å². The molecule has 0 fully saturated rings. The summed E-state index contributed by atoms with van der Waals surface area (Å²) in [6.45, 7) is 0.